The maximum Gasteiger partial charge on any atom is 0.328 e. The second-order valence-corrected chi connectivity index (χ2v) is 4.47. The molecule has 2 unspecified atom stereocenters. The zero-order valence-electron chi connectivity index (χ0n) is 10.6. The molecule has 1 aromatic carbocycles. The lowest BCUT2D eigenvalue weighted by Crippen LogP contribution is -2.40. The van der Waals surface area contributed by atoms with Crippen LogP contribution in [0.25, 0.3) is 0 Å². The van der Waals surface area contributed by atoms with Crippen molar-refractivity contribution in [1.82, 2.24) is 4.90 Å². The van der Waals surface area contributed by atoms with Gasteiger partial charge in [0.25, 0.3) is 0 Å². The van der Waals surface area contributed by atoms with Crippen molar-refractivity contribution < 1.29 is 14.3 Å². The number of hydrogen-bond acceptors (Lipinski definition) is 3. The fraction of sp³-hybridized carbons (Fsp3) is 0.429. The number of likely N-dealkylation sites (tertiary alicyclic amines) is 1. The van der Waals surface area contributed by atoms with Gasteiger partial charge in [0, 0.05) is 6.42 Å². The molecule has 4 heteroatoms. The summed E-state index contributed by atoms with van der Waals surface area (Å²) >= 11 is 0. The van der Waals surface area contributed by atoms with Gasteiger partial charge in [0.2, 0.25) is 5.91 Å². The summed E-state index contributed by atoms with van der Waals surface area (Å²) < 4.78 is 4.77. The van der Waals surface area contributed by atoms with Crippen LogP contribution in [-0.2, 0) is 14.3 Å². The van der Waals surface area contributed by atoms with E-state index in [1.807, 2.05) is 37.3 Å². The van der Waals surface area contributed by atoms with Crippen LogP contribution in [0, 0.1) is 0 Å². The maximum atomic E-state index is 11.9. The van der Waals surface area contributed by atoms with Crippen LogP contribution >= 0.6 is 0 Å². The summed E-state index contributed by atoms with van der Waals surface area (Å²) in [6, 6.07) is 9.16. The van der Waals surface area contributed by atoms with Crippen molar-refractivity contribution in [1.29, 1.82) is 0 Å². The molecular formula is C14H17NO3. The topological polar surface area (TPSA) is 46.6 Å². The van der Waals surface area contributed by atoms with Gasteiger partial charge in [-0.2, -0.15) is 0 Å². The van der Waals surface area contributed by atoms with Crippen LogP contribution in [0.1, 0.15) is 31.4 Å². The first-order chi connectivity index (χ1) is 8.65. The van der Waals surface area contributed by atoms with Crippen molar-refractivity contribution >= 4 is 11.9 Å². The Balaban J connectivity index is 2.24. The maximum absolute atomic E-state index is 11.9. The first-order valence-corrected chi connectivity index (χ1v) is 6.09. The minimum Gasteiger partial charge on any atom is -0.467 e. The van der Waals surface area contributed by atoms with Crippen LogP contribution < -0.4 is 0 Å². The predicted molar refractivity (Wildman–Crippen MR) is 66.7 cm³/mol. The normalized spacial score (nSPS) is 20.9. The van der Waals surface area contributed by atoms with Crippen LogP contribution in [0.5, 0.6) is 0 Å². The van der Waals surface area contributed by atoms with Crippen LogP contribution in [0.4, 0.5) is 0 Å². The number of carbonyl (C=O) groups excluding carboxylic acids is 2. The molecule has 1 aliphatic rings. The average Bonchev–Trinajstić information content (AvgIpc) is 2.80. The van der Waals surface area contributed by atoms with E-state index in [-0.39, 0.29) is 17.9 Å². The Morgan fingerprint density at radius 2 is 2.06 bits per heavy atom. The fourth-order valence-electron chi connectivity index (χ4n) is 2.45. The Kier molecular flexibility index (Phi) is 3.65. The number of rotatable bonds is 3. The van der Waals surface area contributed by atoms with E-state index in [0.717, 1.165) is 5.56 Å². The van der Waals surface area contributed by atoms with E-state index < -0.39 is 6.04 Å². The number of benzene rings is 1. The zero-order valence-corrected chi connectivity index (χ0v) is 10.6. The van der Waals surface area contributed by atoms with Crippen molar-refractivity contribution in [2.45, 2.75) is 31.8 Å². The zero-order chi connectivity index (χ0) is 13.1. The van der Waals surface area contributed by atoms with E-state index >= 15 is 0 Å². The number of nitrogens with zero attached hydrogens (tertiary/aromatic N) is 1. The van der Waals surface area contributed by atoms with Crippen molar-refractivity contribution in [3.05, 3.63) is 35.9 Å². The van der Waals surface area contributed by atoms with Gasteiger partial charge < -0.3 is 9.64 Å². The van der Waals surface area contributed by atoms with Gasteiger partial charge in [0.05, 0.1) is 13.2 Å². The Morgan fingerprint density at radius 1 is 1.39 bits per heavy atom. The molecule has 2 atom stereocenters. The highest BCUT2D eigenvalue weighted by Gasteiger charge is 2.39. The Bertz CT molecular complexity index is 444. The first kappa shape index (κ1) is 12.6. The predicted octanol–water partition coefficient (Wildman–Crippen LogP) is 1.91. The minimum absolute atomic E-state index is 0.0155. The molecule has 96 valence electrons. The van der Waals surface area contributed by atoms with Gasteiger partial charge >= 0.3 is 5.97 Å². The minimum atomic E-state index is -0.447. The largest absolute Gasteiger partial charge is 0.467 e. The van der Waals surface area contributed by atoms with Gasteiger partial charge in [-0.3, -0.25) is 4.79 Å². The van der Waals surface area contributed by atoms with E-state index in [0.29, 0.717) is 12.8 Å². The van der Waals surface area contributed by atoms with Crippen molar-refractivity contribution in [2.24, 2.45) is 0 Å². The highest BCUT2D eigenvalue weighted by atomic mass is 16.5. The molecule has 18 heavy (non-hydrogen) atoms. The standard InChI is InChI=1S/C14H17NO3/c1-10(11-6-4-3-5-7-11)15-12(14(17)18-2)8-9-13(15)16/h3-7,10,12H,8-9H2,1-2H3. The lowest BCUT2D eigenvalue weighted by molar-refractivity contribution is -0.150. The van der Waals surface area contributed by atoms with Crippen LogP contribution in [0.15, 0.2) is 30.3 Å². The molecule has 0 bridgehead atoms. The van der Waals surface area contributed by atoms with Gasteiger partial charge in [-0.15, -0.1) is 0 Å². The molecule has 0 saturated carbocycles. The van der Waals surface area contributed by atoms with Gasteiger partial charge in [-0.05, 0) is 18.9 Å². The summed E-state index contributed by atoms with van der Waals surface area (Å²) in [4.78, 5) is 25.3. The molecule has 0 aliphatic carbocycles. The first-order valence-electron chi connectivity index (χ1n) is 6.09. The number of carbonyl (C=O) groups is 2. The number of ether oxygens (including phenoxy) is 1. The molecule has 0 aromatic heterocycles. The summed E-state index contributed by atoms with van der Waals surface area (Å²) in [5, 5.41) is 0. The molecular weight excluding hydrogens is 230 g/mol. The molecule has 1 heterocycles. The summed E-state index contributed by atoms with van der Waals surface area (Å²) in [6.45, 7) is 1.94. The van der Waals surface area contributed by atoms with Crippen molar-refractivity contribution in [3.63, 3.8) is 0 Å². The van der Waals surface area contributed by atoms with Crippen LogP contribution in [0.2, 0.25) is 0 Å². The third kappa shape index (κ3) is 2.23. The SMILES string of the molecule is COC(=O)C1CCC(=O)N1C(C)c1ccccc1. The number of hydrogen-bond donors (Lipinski definition) is 0. The Hall–Kier alpha value is -1.84. The lowest BCUT2D eigenvalue weighted by atomic mass is 10.1. The summed E-state index contributed by atoms with van der Waals surface area (Å²) in [7, 11) is 1.36. The van der Waals surface area contributed by atoms with E-state index in [1.165, 1.54) is 7.11 Å². The van der Waals surface area contributed by atoms with Gasteiger partial charge in [0.15, 0.2) is 0 Å². The Morgan fingerprint density at radius 3 is 2.67 bits per heavy atom. The summed E-state index contributed by atoms with van der Waals surface area (Å²) in [5.41, 5.74) is 1.03. The number of esters is 1. The molecule has 2 rings (SSSR count). The van der Waals surface area contributed by atoms with E-state index in [2.05, 4.69) is 0 Å². The third-order valence-electron chi connectivity index (χ3n) is 3.43. The third-order valence-corrected chi connectivity index (χ3v) is 3.43. The Labute approximate surface area is 107 Å². The smallest absolute Gasteiger partial charge is 0.328 e. The van der Waals surface area contributed by atoms with E-state index in [1.54, 1.807) is 4.90 Å². The molecule has 0 radical (unpaired) electrons. The van der Waals surface area contributed by atoms with E-state index in [9.17, 15) is 9.59 Å². The van der Waals surface area contributed by atoms with Crippen LogP contribution in [-0.4, -0.2) is 29.9 Å². The molecule has 0 spiro atoms. The molecule has 4 nitrogen and oxygen atoms in total. The van der Waals surface area contributed by atoms with Gasteiger partial charge in [0.1, 0.15) is 6.04 Å². The lowest BCUT2D eigenvalue weighted by Gasteiger charge is -2.29. The molecule has 0 N–H and O–H groups in total. The fourth-order valence-corrected chi connectivity index (χ4v) is 2.45. The summed E-state index contributed by atoms with van der Waals surface area (Å²) in [6.07, 6.45) is 0.958. The second-order valence-electron chi connectivity index (χ2n) is 4.47. The number of methoxy groups -OCH3 is 1. The van der Waals surface area contributed by atoms with Crippen molar-refractivity contribution in [3.8, 4) is 0 Å². The highest BCUT2D eigenvalue weighted by Crippen LogP contribution is 2.30. The molecule has 1 saturated heterocycles. The average molecular weight is 247 g/mol. The van der Waals surface area contributed by atoms with Crippen molar-refractivity contribution in [2.75, 3.05) is 7.11 Å². The number of amides is 1. The molecule has 1 fully saturated rings. The van der Waals surface area contributed by atoms with Gasteiger partial charge in [-0.25, -0.2) is 4.79 Å². The second kappa shape index (κ2) is 5.21. The monoisotopic (exact) mass is 247 g/mol. The molecule has 1 aliphatic heterocycles. The quantitative estimate of drug-likeness (QED) is 0.766. The van der Waals surface area contributed by atoms with Gasteiger partial charge in [-0.1, -0.05) is 30.3 Å². The molecule has 1 amide bonds. The highest BCUT2D eigenvalue weighted by molar-refractivity contribution is 5.88. The van der Waals surface area contributed by atoms with E-state index in [4.69, 9.17) is 4.74 Å². The summed E-state index contributed by atoms with van der Waals surface area (Å²) in [5.74, 6) is -0.314. The van der Waals surface area contributed by atoms with Crippen LogP contribution in [0.3, 0.4) is 0 Å². The molecule has 1 aromatic rings.